The molecule has 0 bridgehead atoms. The summed E-state index contributed by atoms with van der Waals surface area (Å²) in [5.41, 5.74) is 3.48. The molecule has 0 aliphatic carbocycles. The molecular formula is C22H19N3O3S. The first-order valence-electron chi connectivity index (χ1n) is 9.02. The summed E-state index contributed by atoms with van der Waals surface area (Å²) in [5, 5.41) is 3.78. The molecule has 1 N–H and O–H groups in total. The van der Waals surface area contributed by atoms with Crippen LogP contribution in [0.4, 0.5) is 5.69 Å². The highest BCUT2D eigenvalue weighted by Crippen LogP contribution is 2.31. The molecule has 0 radical (unpaired) electrons. The average molecular weight is 405 g/mol. The second-order valence-corrected chi connectivity index (χ2v) is 7.34. The summed E-state index contributed by atoms with van der Waals surface area (Å²) in [6, 6.07) is 16.9. The fourth-order valence-electron chi connectivity index (χ4n) is 2.85. The Morgan fingerprint density at radius 2 is 1.93 bits per heavy atom. The van der Waals surface area contributed by atoms with Crippen molar-refractivity contribution >= 4 is 33.3 Å². The number of anilines is 1. The number of pyridine rings is 1. The Labute approximate surface area is 172 Å². The molecule has 0 saturated carbocycles. The molecule has 6 nitrogen and oxygen atoms in total. The topological polar surface area (TPSA) is 73.3 Å². The van der Waals surface area contributed by atoms with Gasteiger partial charge in [-0.2, -0.15) is 0 Å². The maximum Gasteiger partial charge on any atom is 0.262 e. The number of aromatic nitrogens is 2. The average Bonchev–Trinajstić information content (AvgIpc) is 3.18. The number of thiazole rings is 1. The summed E-state index contributed by atoms with van der Waals surface area (Å²) in [7, 11) is 1.56. The number of carbonyl (C=O) groups excluding carboxylic acids is 1. The van der Waals surface area contributed by atoms with Crippen LogP contribution in [-0.4, -0.2) is 29.6 Å². The summed E-state index contributed by atoms with van der Waals surface area (Å²) < 4.78 is 10.8. The zero-order valence-electron chi connectivity index (χ0n) is 16.0. The van der Waals surface area contributed by atoms with E-state index in [4.69, 9.17) is 9.47 Å². The van der Waals surface area contributed by atoms with Crippen LogP contribution in [0, 0.1) is 6.92 Å². The van der Waals surface area contributed by atoms with Crippen LogP contribution in [0.1, 0.15) is 5.56 Å². The van der Waals surface area contributed by atoms with Crippen LogP contribution in [-0.2, 0) is 4.79 Å². The van der Waals surface area contributed by atoms with Crippen LogP contribution < -0.4 is 14.8 Å². The quantitative estimate of drug-likeness (QED) is 0.504. The van der Waals surface area contributed by atoms with Crippen LogP contribution in [0.2, 0.25) is 0 Å². The molecular weight excluding hydrogens is 386 g/mol. The molecule has 2 heterocycles. The number of methoxy groups -OCH3 is 1. The smallest absolute Gasteiger partial charge is 0.262 e. The molecule has 2 aromatic carbocycles. The standard InChI is InChI=1S/C22H19N3O3S/c1-14-9-10-15(21-25-16-6-5-11-23-22(16)29-21)12-17(14)24-20(26)13-28-19-8-4-3-7-18(19)27-2/h3-12H,13H2,1-2H3,(H,24,26). The van der Waals surface area contributed by atoms with Gasteiger partial charge in [-0.05, 0) is 42.8 Å². The lowest BCUT2D eigenvalue weighted by Gasteiger charge is -2.12. The minimum atomic E-state index is -0.248. The van der Waals surface area contributed by atoms with E-state index >= 15 is 0 Å². The Bertz CT molecular complexity index is 1140. The summed E-state index contributed by atoms with van der Waals surface area (Å²) in [6.07, 6.45) is 1.76. The van der Waals surface area contributed by atoms with Gasteiger partial charge in [-0.3, -0.25) is 4.79 Å². The SMILES string of the molecule is COc1ccccc1OCC(=O)Nc1cc(-c2nc3cccnc3s2)ccc1C. The minimum Gasteiger partial charge on any atom is -0.493 e. The van der Waals surface area contributed by atoms with Gasteiger partial charge in [-0.1, -0.05) is 35.6 Å². The summed E-state index contributed by atoms with van der Waals surface area (Å²) in [5.74, 6) is 0.864. The molecule has 0 atom stereocenters. The highest BCUT2D eigenvalue weighted by Gasteiger charge is 2.12. The maximum absolute atomic E-state index is 12.4. The van der Waals surface area contributed by atoms with E-state index < -0.39 is 0 Å². The number of aryl methyl sites for hydroxylation is 1. The van der Waals surface area contributed by atoms with Crippen LogP contribution in [0.3, 0.4) is 0 Å². The Kier molecular flexibility index (Phi) is 5.39. The number of para-hydroxylation sites is 2. The first kappa shape index (κ1) is 18.9. The number of hydrogen-bond donors (Lipinski definition) is 1. The number of amides is 1. The van der Waals surface area contributed by atoms with Gasteiger partial charge < -0.3 is 14.8 Å². The molecule has 4 aromatic rings. The lowest BCUT2D eigenvalue weighted by molar-refractivity contribution is -0.118. The highest BCUT2D eigenvalue weighted by atomic mass is 32.1. The number of nitrogens with zero attached hydrogens (tertiary/aromatic N) is 2. The number of carbonyl (C=O) groups is 1. The molecule has 0 aliphatic rings. The Balaban J connectivity index is 1.49. The molecule has 0 saturated heterocycles. The van der Waals surface area contributed by atoms with Gasteiger partial charge >= 0.3 is 0 Å². The number of fused-ring (bicyclic) bond motifs is 1. The Hall–Kier alpha value is -3.45. The molecule has 0 spiro atoms. The van der Waals surface area contributed by atoms with Gasteiger partial charge in [0.05, 0.1) is 7.11 Å². The normalized spacial score (nSPS) is 10.7. The van der Waals surface area contributed by atoms with Gasteiger partial charge in [-0.25, -0.2) is 9.97 Å². The van der Waals surface area contributed by atoms with Crippen LogP contribution >= 0.6 is 11.3 Å². The monoisotopic (exact) mass is 405 g/mol. The zero-order valence-corrected chi connectivity index (χ0v) is 16.8. The van der Waals surface area contributed by atoms with E-state index in [9.17, 15) is 4.79 Å². The van der Waals surface area contributed by atoms with Gasteiger partial charge in [0.25, 0.3) is 5.91 Å². The number of benzene rings is 2. The Morgan fingerprint density at radius 1 is 1.10 bits per heavy atom. The number of rotatable bonds is 6. The number of hydrogen-bond acceptors (Lipinski definition) is 6. The number of ether oxygens (including phenoxy) is 2. The van der Waals surface area contributed by atoms with Crippen molar-refractivity contribution in [2.75, 3.05) is 19.0 Å². The number of nitrogens with one attached hydrogen (secondary N) is 1. The predicted octanol–water partition coefficient (Wildman–Crippen LogP) is 4.69. The Morgan fingerprint density at radius 3 is 2.72 bits per heavy atom. The summed E-state index contributed by atoms with van der Waals surface area (Å²) in [6.45, 7) is 1.83. The molecule has 0 aliphatic heterocycles. The highest BCUT2D eigenvalue weighted by molar-refractivity contribution is 7.21. The van der Waals surface area contributed by atoms with E-state index in [2.05, 4.69) is 15.3 Å². The molecule has 7 heteroatoms. The third-order valence-corrected chi connectivity index (χ3v) is 5.38. The van der Waals surface area contributed by atoms with Gasteiger partial charge in [0.1, 0.15) is 15.4 Å². The first-order chi connectivity index (χ1) is 14.1. The molecule has 4 rings (SSSR count). The van der Waals surface area contributed by atoms with Crippen LogP contribution in [0.25, 0.3) is 20.9 Å². The van der Waals surface area contributed by atoms with Crippen molar-refractivity contribution in [3.63, 3.8) is 0 Å². The van der Waals surface area contributed by atoms with Gasteiger partial charge in [0.2, 0.25) is 0 Å². The second-order valence-electron chi connectivity index (χ2n) is 6.36. The third kappa shape index (κ3) is 4.20. The van der Waals surface area contributed by atoms with Crippen LogP contribution in [0.15, 0.2) is 60.8 Å². The van der Waals surface area contributed by atoms with Gasteiger partial charge in [0, 0.05) is 17.4 Å². The van der Waals surface area contributed by atoms with E-state index in [1.54, 1.807) is 25.4 Å². The first-order valence-corrected chi connectivity index (χ1v) is 9.84. The van der Waals surface area contributed by atoms with Crippen molar-refractivity contribution in [2.24, 2.45) is 0 Å². The predicted molar refractivity (Wildman–Crippen MR) is 115 cm³/mol. The molecule has 146 valence electrons. The van der Waals surface area contributed by atoms with Crippen molar-refractivity contribution in [3.8, 4) is 22.1 Å². The summed E-state index contributed by atoms with van der Waals surface area (Å²) >= 11 is 1.52. The fraction of sp³-hybridized carbons (Fsp3) is 0.136. The van der Waals surface area contributed by atoms with E-state index in [0.717, 1.165) is 32.2 Å². The van der Waals surface area contributed by atoms with Crippen LogP contribution in [0.5, 0.6) is 11.5 Å². The van der Waals surface area contributed by atoms with Crippen molar-refractivity contribution < 1.29 is 14.3 Å². The molecule has 0 unspecified atom stereocenters. The van der Waals surface area contributed by atoms with Crippen molar-refractivity contribution in [3.05, 3.63) is 66.4 Å². The minimum absolute atomic E-state index is 0.116. The van der Waals surface area contributed by atoms with Gasteiger partial charge in [-0.15, -0.1) is 0 Å². The fourth-order valence-corrected chi connectivity index (χ4v) is 3.75. The van der Waals surface area contributed by atoms with E-state index in [1.165, 1.54) is 11.3 Å². The van der Waals surface area contributed by atoms with Crippen molar-refractivity contribution in [1.29, 1.82) is 0 Å². The summed E-state index contributed by atoms with van der Waals surface area (Å²) in [4.78, 5) is 22.3. The second kappa shape index (κ2) is 8.28. The zero-order chi connectivity index (χ0) is 20.2. The lowest BCUT2D eigenvalue weighted by Crippen LogP contribution is -2.20. The maximum atomic E-state index is 12.4. The van der Waals surface area contributed by atoms with E-state index in [0.29, 0.717) is 11.5 Å². The molecule has 2 aromatic heterocycles. The van der Waals surface area contributed by atoms with E-state index in [1.807, 2.05) is 49.4 Å². The molecule has 29 heavy (non-hydrogen) atoms. The molecule has 0 fully saturated rings. The van der Waals surface area contributed by atoms with Crippen molar-refractivity contribution in [1.82, 2.24) is 9.97 Å². The van der Waals surface area contributed by atoms with Crippen molar-refractivity contribution in [2.45, 2.75) is 6.92 Å². The van der Waals surface area contributed by atoms with Gasteiger partial charge in [0.15, 0.2) is 18.1 Å². The third-order valence-electron chi connectivity index (χ3n) is 4.35. The van der Waals surface area contributed by atoms with E-state index in [-0.39, 0.29) is 12.5 Å². The molecule has 1 amide bonds. The largest absolute Gasteiger partial charge is 0.493 e. The lowest BCUT2D eigenvalue weighted by atomic mass is 10.1.